The standard InChI is InChI=1S/C15H17N3O/c1-12-4-6-14(7-5-12)17-11-15(19)18-10-13-3-2-8-16-9-13/h2-9,17H,10-11H2,1H3,(H,18,19). The lowest BCUT2D eigenvalue weighted by molar-refractivity contribution is -0.119. The fraction of sp³-hybridized carbons (Fsp3) is 0.200. The Kier molecular flexibility index (Phi) is 4.50. The van der Waals surface area contributed by atoms with Crippen LogP contribution in [0.4, 0.5) is 5.69 Å². The number of amides is 1. The van der Waals surface area contributed by atoms with Crippen molar-refractivity contribution in [3.05, 3.63) is 59.9 Å². The molecule has 0 spiro atoms. The van der Waals surface area contributed by atoms with E-state index in [9.17, 15) is 4.79 Å². The molecule has 2 aromatic rings. The van der Waals surface area contributed by atoms with Crippen LogP contribution in [0.1, 0.15) is 11.1 Å². The highest BCUT2D eigenvalue weighted by Crippen LogP contribution is 2.07. The van der Waals surface area contributed by atoms with Gasteiger partial charge in [-0.15, -0.1) is 0 Å². The summed E-state index contributed by atoms with van der Waals surface area (Å²) in [6.45, 7) is 2.80. The number of benzene rings is 1. The summed E-state index contributed by atoms with van der Waals surface area (Å²) in [5.41, 5.74) is 3.14. The first-order valence-corrected chi connectivity index (χ1v) is 6.20. The zero-order chi connectivity index (χ0) is 13.5. The zero-order valence-electron chi connectivity index (χ0n) is 10.9. The van der Waals surface area contributed by atoms with Crippen LogP contribution < -0.4 is 10.6 Å². The molecule has 0 radical (unpaired) electrons. The Morgan fingerprint density at radius 2 is 2.00 bits per heavy atom. The van der Waals surface area contributed by atoms with E-state index in [4.69, 9.17) is 0 Å². The van der Waals surface area contributed by atoms with Crippen molar-refractivity contribution in [3.63, 3.8) is 0 Å². The van der Waals surface area contributed by atoms with E-state index in [0.717, 1.165) is 11.3 Å². The van der Waals surface area contributed by atoms with Crippen molar-refractivity contribution in [1.29, 1.82) is 0 Å². The monoisotopic (exact) mass is 255 g/mol. The quantitative estimate of drug-likeness (QED) is 0.860. The van der Waals surface area contributed by atoms with Crippen LogP contribution in [0.2, 0.25) is 0 Å². The fourth-order valence-corrected chi connectivity index (χ4v) is 1.62. The number of carbonyl (C=O) groups excluding carboxylic acids is 1. The molecule has 0 saturated carbocycles. The molecule has 0 atom stereocenters. The molecular weight excluding hydrogens is 238 g/mol. The Morgan fingerprint density at radius 3 is 2.68 bits per heavy atom. The van der Waals surface area contributed by atoms with Gasteiger partial charge in [0.05, 0.1) is 6.54 Å². The molecule has 4 nitrogen and oxygen atoms in total. The van der Waals surface area contributed by atoms with Crippen LogP contribution >= 0.6 is 0 Å². The molecule has 0 bridgehead atoms. The van der Waals surface area contributed by atoms with Crippen molar-refractivity contribution >= 4 is 11.6 Å². The minimum Gasteiger partial charge on any atom is -0.376 e. The molecule has 0 unspecified atom stereocenters. The maximum Gasteiger partial charge on any atom is 0.239 e. The number of anilines is 1. The maximum absolute atomic E-state index is 11.7. The SMILES string of the molecule is Cc1ccc(NCC(=O)NCc2cccnc2)cc1. The number of hydrogen-bond donors (Lipinski definition) is 2. The third kappa shape index (κ3) is 4.43. The number of aromatic nitrogens is 1. The average Bonchev–Trinajstić information content (AvgIpc) is 2.45. The molecule has 2 rings (SSSR count). The third-order valence-corrected chi connectivity index (χ3v) is 2.72. The van der Waals surface area contributed by atoms with Crippen molar-refractivity contribution in [1.82, 2.24) is 10.3 Å². The second kappa shape index (κ2) is 6.54. The van der Waals surface area contributed by atoms with E-state index < -0.39 is 0 Å². The number of rotatable bonds is 5. The number of hydrogen-bond acceptors (Lipinski definition) is 3. The Hall–Kier alpha value is -2.36. The summed E-state index contributed by atoms with van der Waals surface area (Å²) in [7, 11) is 0. The number of nitrogens with zero attached hydrogens (tertiary/aromatic N) is 1. The molecule has 1 aromatic carbocycles. The first kappa shape index (κ1) is 13.1. The largest absolute Gasteiger partial charge is 0.376 e. The van der Waals surface area contributed by atoms with Crippen molar-refractivity contribution in [2.45, 2.75) is 13.5 Å². The van der Waals surface area contributed by atoms with Crippen molar-refractivity contribution in [3.8, 4) is 0 Å². The second-order valence-electron chi connectivity index (χ2n) is 4.36. The van der Waals surface area contributed by atoms with Gasteiger partial charge in [-0.3, -0.25) is 9.78 Å². The van der Waals surface area contributed by atoms with E-state index >= 15 is 0 Å². The number of aryl methyl sites for hydroxylation is 1. The van der Waals surface area contributed by atoms with Gasteiger partial charge in [0.15, 0.2) is 0 Å². The molecule has 2 N–H and O–H groups in total. The number of carbonyl (C=O) groups is 1. The van der Waals surface area contributed by atoms with Crippen LogP contribution in [-0.4, -0.2) is 17.4 Å². The highest BCUT2D eigenvalue weighted by Gasteiger charge is 2.01. The predicted octanol–water partition coefficient (Wildman–Crippen LogP) is 2.12. The highest BCUT2D eigenvalue weighted by molar-refractivity contribution is 5.80. The van der Waals surface area contributed by atoms with Crippen LogP contribution in [0.3, 0.4) is 0 Å². The van der Waals surface area contributed by atoms with Gasteiger partial charge in [-0.1, -0.05) is 23.8 Å². The van der Waals surface area contributed by atoms with E-state index in [2.05, 4.69) is 15.6 Å². The molecule has 0 saturated heterocycles. The molecule has 0 fully saturated rings. The van der Waals surface area contributed by atoms with Gasteiger partial charge in [0.25, 0.3) is 0 Å². The molecule has 1 amide bonds. The van der Waals surface area contributed by atoms with Gasteiger partial charge in [0.1, 0.15) is 0 Å². The summed E-state index contributed by atoms with van der Waals surface area (Å²) in [5.74, 6) is -0.0376. The lowest BCUT2D eigenvalue weighted by Gasteiger charge is -2.08. The highest BCUT2D eigenvalue weighted by atomic mass is 16.1. The summed E-state index contributed by atoms with van der Waals surface area (Å²) < 4.78 is 0. The lowest BCUT2D eigenvalue weighted by atomic mass is 10.2. The fourth-order valence-electron chi connectivity index (χ4n) is 1.62. The normalized spacial score (nSPS) is 9.95. The third-order valence-electron chi connectivity index (χ3n) is 2.72. The number of nitrogens with one attached hydrogen (secondary N) is 2. The molecule has 1 aromatic heterocycles. The molecule has 0 aliphatic carbocycles. The molecular formula is C15H17N3O. The first-order valence-electron chi connectivity index (χ1n) is 6.20. The average molecular weight is 255 g/mol. The van der Waals surface area contributed by atoms with E-state index in [0.29, 0.717) is 6.54 Å². The van der Waals surface area contributed by atoms with Crippen LogP contribution in [0.25, 0.3) is 0 Å². The van der Waals surface area contributed by atoms with E-state index in [1.807, 2.05) is 43.3 Å². The smallest absolute Gasteiger partial charge is 0.239 e. The van der Waals surface area contributed by atoms with Gasteiger partial charge in [-0.2, -0.15) is 0 Å². The minimum absolute atomic E-state index is 0.0376. The molecule has 19 heavy (non-hydrogen) atoms. The van der Waals surface area contributed by atoms with Gasteiger partial charge in [-0.25, -0.2) is 0 Å². The van der Waals surface area contributed by atoms with Crippen LogP contribution in [0.5, 0.6) is 0 Å². The van der Waals surface area contributed by atoms with Crippen molar-refractivity contribution in [2.75, 3.05) is 11.9 Å². The number of pyridine rings is 1. The van der Waals surface area contributed by atoms with Crippen LogP contribution in [0, 0.1) is 6.92 Å². The first-order chi connectivity index (χ1) is 9.24. The van der Waals surface area contributed by atoms with Crippen molar-refractivity contribution < 1.29 is 4.79 Å². The topological polar surface area (TPSA) is 54.0 Å². The molecule has 1 heterocycles. The molecule has 4 heteroatoms. The lowest BCUT2D eigenvalue weighted by Crippen LogP contribution is -2.29. The summed E-state index contributed by atoms with van der Waals surface area (Å²) >= 11 is 0. The summed E-state index contributed by atoms with van der Waals surface area (Å²) in [6.07, 6.45) is 3.46. The Labute approximate surface area is 112 Å². The minimum atomic E-state index is -0.0376. The van der Waals surface area contributed by atoms with Gasteiger partial charge < -0.3 is 10.6 Å². The summed E-state index contributed by atoms with van der Waals surface area (Å²) in [6, 6.07) is 11.7. The Morgan fingerprint density at radius 1 is 1.21 bits per heavy atom. The van der Waals surface area contributed by atoms with E-state index in [1.54, 1.807) is 12.4 Å². The van der Waals surface area contributed by atoms with Crippen LogP contribution in [-0.2, 0) is 11.3 Å². The molecule has 0 aliphatic heterocycles. The maximum atomic E-state index is 11.7. The van der Waals surface area contributed by atoms with Crippen LogP contribution in [0.15, 0.2) is 48.8 Å². The zero-order valence-corrected chi connectivity index (χ0v) is 10.9. The van der Waals surface area contributed by atoms with Gasteiger partial charge >= 0.3 is 0 Å². The van der Waals surface area contributed by atoms with Gasteiger partial charge in [0.2, 0.25) is 5.91 Å². The second-order valence-corrected chi connectivity index (χ2v) is 4.36. The Balaban J connectivity index is 1.74. The van der Waals surface area contributed by atoms with Gasteiger partial charge in [0, 0.05) is 24.6 Å². The van der Waals surface area contributed by atoms with E-state index in [-0.39, 0.29) is 12.5 Å². The van der Waals surface area contributed by atoms with E-state index in [1.165, 1.54) is 5.56 Å². The summed E-state index contributed by atoms with van der Waals surface area (Å²) in [5, 5.41) is 5.92. The molecule has 0 aliphatic rings. The Bertz CT molecular complexity index is 523. The molecule has 98 valence electrons. The van der Waals surface area contributed by atoms with Crippen molar-refractivity contribution in [2.24, 2.45) is 0 Å². The summed E-state index contributed by atoms with van der Waals surface area (Å²) in [4.78, 5) is 15.7. The van der Waals surface area contributed by atoms with Gasteiger partial charge in [-0.05, 0) is 30.7 Å². The predicted molar refractivity (Wildman–Crippen MR) is 75.8 cm³/mol.